The smallest absolute Gasteiger partial charge is 0.239 e. The van der Waals surface area contributed by atoms with Crippen molar-refractivity contribution < 1.29 is 9.53 Å². The first-order valence-corrected chi connectivity index (χ1v) is 4.76. The molecule has 2 heterocycles. The quantitative estimate of drug-likeness (QED) is 0.848. The highest BCUT2D eigenvalue weighted by atomic mass is 16.5. The van der Waals surface area contributed by atoms with Crippen LogP contribution >= 0.6 is 0 Å². The number of hydrogen-bond donors (Lipinski definition) is 1. The van der Waals surface area contributed by atoms with E-state index in [1.54, 1.807) is 0 Å². The average Bonchev–Trinajstić information content (AvgIpc) is 2.30. The predicted molar refractivity (Wildman–Crippen MR) is 58.4 cm³/mol. The highest BCUT2D eigenvalue weighted by Crippen LogP contribution is 2.17. The number of anilines is 1. The molecule has 0 saturated carbocycles. The number of carbonyl (C=O) groups is 1. The number of hydrogen-bond acceptors (Lipinski definition) is 6. The Hall–Kier alpha value is -2.57. The van der Waals surface area contributed by atoms with Gasteiger partial charge in [-0.3, -0.25) is 9.78 Å². The molecule has 0 aliphatic rings. The van der Waals surface area contributed by atoms with E-state index in [9.17, 15) is 4.79 Å². The molecule has 0 aromatic carbocycles. The standard InChI is InChI=1S/C10H9N5O2/c1-7(16)14-9-4-11-5-10(15-9)17-8-2-12-6-13-3-8/h2-6H,1H3,(H,14,15,16). The minimum Gasteiger partial charge on any atom is -0.434 e. The Morgan fingerprint density at radius 3 is 2.65 bits per heavy atom. The molecule has 86 valence electrons. The summed E-state index contributed by atoms with van der Waals surface area (Å²) in [6, 6.07) is 0. The Morgan fingerprint density at radius 2 is 1.94 bits per heavy atom. The molecule has 7 nitrogen and oxygen atoms in total. The topological polar surface area (TPSA) is 89.9 Å². The van der Waals surface area contributed by atoms with Crippen LogP contribution in [0.4, 0.5) is 5.82 Å². The monoisotopic (exact) mass is 231 g/mol. The third-order valence-corrected chi connectivity index (χ3v) is 1.68. The van der Waals surface area contributed by atoms with Crippen molar-refractivity contribution in [3.8, 4) is 11.6 Å². The third-order valence-electron chi connectivity index (χ3n) is 1.68. The maximum atomic E-state index is 10.8. The van der Waals surface area contributed by atoms with Crippen LogP contribution < -0.4 is 10.1 Å². The van der Waals surface area contributed by atoms with Crippen LogP contribution in [0.1, 0.15) is 6.92 Å². The molecular weight excluding hydrogens is 222 g/mol. The first-order chi connectivity index (χ1) is 8.24. The van der Waals surface area contributed by atoms with Gasteiger partial charge < -0.3 is 10.1 Å². The summed E-state index contributed by atoms with van der Waals surface area (Å²) in [4.78, 5) is 26.4. The van der Waals surface area contributed by atoms with Gasteiger partial charge in [0.15, 0.2) is 11.6 Å². The Kier molecular flexibility index (Phi) is 3.20. The molecule has 0 spiro atoms. The first kappa shape index (κ1) is 10.9. The fourth-order valence-corrected chi connectivity index (χ4v) is 1.10. The Labute approximate surface area is 96.9 Å². The van der Waals surface area contributed by atoms with E-state index in [-0.39, 0.29) is 11.8 Å². The lowest BCUT2D eigenvalue weighted by molar-refractivity contribution is -0.114. The van der Waals surface area contributed by atoms with Gasteiger partial charge in [-0.25, -0.2) is 9.97 Å². The van der Waals surface area contributed by atoms with Crippen molar-refractivity contribution >= 4 is 11.7 Å². The van der Waals surface area contributed by atoms with Gasteiger partial charge >= 0.3 is 0 Å². The van der Waals surface area contributed by atoms with Gasteiger partial charge in [0.25, 0.3) is 0 Å². The van der Waals surface area contributed by atoms with E-state index in [0.717, 1.165) is 0 Å². The summed E-state index contributed by atoms with van der Waals surface area (Å²) >= 11 is 0. The molecule has 1 amide bonds. The number of ether oxygens (including phenoxy) is 1. The van der Waals surface area contributed by atoms with Crippen LogP contribution in [-0.2, 0) is 4.79 Å². The van der Waals surface area contributed by atoms with Crippen LogP contribution in [0.3, 0.4) is 0 Å². The van der Waals surface area contributed by atoms with Crippen LogP contribution in [0.5, 0.6) is 11.6 Å². The van der Waals surface area contributed by atoms with E-state index < -0.39 is 0 Å². The summed E-state index contributed by atoms with van der Waals surface area (Å²) in [6.45, 7) is 1.39. The van der Waals surface area contributed by atoms with Crippen molar-refractivity contribution in [3.05, 3.63) is 31.1 Å². The van der Waals surface area contributed by atoms with Gasteiger partial charge in [0, 0.05) is 6.92 Å². The van der Waals surface area contributed by atoms with Gasteiger partial charge in [0.05, 0.1) is 24.8 Å². The molecule has 0 aliphatic carbocycles. The summed E-state index contributed by atoms with van der Waals surface area (Å²) in [6.07, 6.45) is 7.25. The zero-order chi connectivity index (χ0) is 12.1. The number of nitrogens with one attached hydrogen (secondary N) is 1. The van der Waals surface area contributed by atoms with Crippen molar-refractivity contribution in [2.24, 2.45) is 0 Å². The summed E-state index contributed by atoms with van der Waals surface area (Å²) in [5.74, 6) is 0.805. The summed E-state index contributed by atoms with van der Waals surface area (Å²) in [7, 11) is 0. The van der Waals surface area contributed by atoms with Crippen LogP contribution in [-0.4, -0.2) is 25.8 Å². The number of amides is 1. The minimum atomic E-state index is -0.223. The van der Waals surface area contributed by atoms with Crippen molar-refractivity contribution in [3.63, 3.8) is 0 Å². The fraction of sp³-hybridized carbons (Fsp3) is 0.100. The maximum absolute atomic E-state index is 10.8. The second-order valence-electron chi connectivity index (χ2n) is 3.10. The molecular formula is C10H9N5O2. The normalized spacial score (nSPS) is 9.71. The van der Waals surface area contributed by atoms with Crippen LogP contribution in [0.25, 0.3) is 0 Å². The Balaban J connectivity index is 2.14. The van der Waals surface area contributed by atoms with E-state index >= 15 is 0 Å². The van der Waals surface area contributed by atoms with Gasteiger partial charge in [0.1, 0.15) is 6.33 Å². The average molecular weight is 231 g/mol. The highest BCUT2D eigenvalue weighted by Gasteiger charge is 2.02. The third kappa shape index (κ3) is 3.20. The second kappa shape index (κ2) is 4.97. The predicted octanol–water partition coefficient (Wildman–Crippen LogP) is 1.02. The molecule has 0 atom stereocenters. The molecule has 0 aliphatic heterocycles. The summed E-state index contributed by atoms with van der Waals surface area (Å²) in [5, 5.41) is 2.51. The Morgan fingerprint density at radius 1 is 1.18 bits per heavy atom. The lowest BCUT2D eigenvalue weighted by Gasteiger charge is -2.05. The maximum Gasteiger partial charge on any atom is 0.239 e. The molecule has 0 fully saturated rings. The number of carbonyl (C=O) groups excluding carboxylic acids is 1. The lowest BCUT2D eigenvalue weighted by Crippen LogP contribution is -2.08. The van der Waals surface area contributed by atoms with Crippen molar-refractivity contribution in [2.45, 2.75) is 6.92 Å². The first-order valence-electron chi connectivity index (χ1n) is 4.76. The zero-order valence-corrected chi connectivity index (χ0v) is 8.99. The van der Waals surface area contributed by atoms with Gasteiger partial charge in [-0.15, -0.1) is 0 Å². The van der Waals surface area contributed by atoms with Crippen molar-refractivity contribution in [1.29, 1.82) is 0 Å². The molecule has 2 aromatic heterocycles. The molecule has 0 bridgehead atoms. The number of nitrogens with zero attached hydrogens (tertiary/aromatic N) is 4. The Bertz CT molecular complexity index is 517. The SMILES string of the molecule is CC(=O)Nc1cncc(Oc2cncnc2)n1. The molecule has 1 N–H and O–H groups in total. The summed E-state index contributed by atoms with van der Waals surface area (Å²) < 4.78 is 5.35. The van der Waals surface area contributed by atoms with Crippen molar-refractivity contribution in [1.82, 2.24) is 19.9 Å². The molecule has 0 radical (unpaired) electrons. The molecule has 2 aromatic rings. The van der Waals surface area contributed by atoms with Crippen LogP contribution in [0, 0.1) is 0 Å². The highest BCUT2D eigenvalue weighted by molar-refractivity contribution is 5.87. The lowest BCUT2D eigenvalue weighted by atomic mass is 10.6. The second-order valence-corrected chi connectivity index (χ2v) is 3.10. The van der Waals surface area contributed by atoms with Gasteiger partial charge in [-0.05, 0) is 0 Å². The summed E-state index contributed by atoms with van der Waals surface area (Å²) in [5.41, 5.74) is 0. The number of aromatic nitrogens is 4. The van der Waals surface area contributed by atoms with Gasteiger partial charge in [0.2, 0.25) is 11.8 Å². The van der Waals surface area contributed by atoms with Gasteiger partial charge in [-0.2, -0.15) is 4.98 Å². The van der Waals surface area contributed by atoms with Crippen LogP contribution in [0.2, 0.25) is 0 Å². The van der Waals surface area contributed by atoms with Crippen LogP contribution in [0.15, 0.2) is 31.1 Å². The minimum absolute atomic E-state index is 0.223. The van der Waals surface area contributed by atoms with E-state index in [0.29, 0.717) is 11.6 Å². The van der Waals surface area contributed by atoms with E-state index in [1.165, 1.54) is 38.0 Å². The molecule has 17 heavy (non-hydrogen) atoms. The molecule has 2 rings (SSSR count). The number of rotatable bonds is 3. The molecule has 0 unspecified atom stereocenters. The zero-order valence-electron chi connectivity index (χ0n) is 8.99. The van der Waals surface area contributed by atoms with E-state index in [4.69, 9.17) is 4.74 Å². The largest absolute Gasteiger partial charge is 0.434 e. The molecule has 7 heteroatoms. The van der Waals surface area contributed by atoms with Crippen molar-refractivity contribution in [2.75, 3.05) is 5.32 Å². The fourth-order valence-electron chi connectivity index (χ4n) is 1.10. The van der Waals surface area contributed by atoms with Gasteiger partial charge in [-0.1, -0.05) is 0 Å². The van der Waals surface area contributed by atoms with E-state index in [1.807, 2.05) is 0 Å². The molecule has 0 saturated heterocycles. The van der Waals surface area contributed by atoms with E-state index in [2.05, 4.69) is 25.3 Å².